The van der Waals surface area contributed by atoms with E-state index in [9.17, 15) is 0 Å². The quantitative estimate of drug-likeness (QED) is 0.688. The lowest BCUT2D eigenvalue weighted by Crippen LogP contribution is -2.13. The number of unbranched alkanes of at least 4 members (excludes halogenated alkanes) is 3. The van der Waals surface area contributed by atoms with Crippen LogP contribution in [0.15, 0.2) is 12.1 Å². The Hall–Kier alpha value is -1.09. The number of nitrogens with one attached hydrogen (secondary N) is 1. The maximum Gasteiger partial charge on any atom is 0.213 e. The average Bonchev–Trinajstić information content (AvgIpc) is 2.38. The van der Waals surface area contributed by atoms with Crippen LogP contribution < -0.4 is 10.1 Å². The van der Waals surface area contributed by atoms with Crippen molar-refractivity contribution in [2.75, 3.05) is 7.05 Å². The van der Waals surface area contributed by atoms with Gasteiger partial charge in [0.25, 0.3) is 0 Å². The molecule has 3 heteroatoms. The van der Waals surface area contributed by atoms with Crippen molar-refractivity contribution in [2.45, 2.75) is 65.5 Å². The fourth-order valence-electron chi connectivity index (χ4n) is 2.13. The van der Waals surface area contributed by atoms with Crippen molar-refractivity contribution < 1.29 is 4.74 Å². The second kappa shape index (κ2) is 8.92. The van der Waals surface area contributed by atoms with Gasteiger partial charge in [-0.1, -0.05) is 32.3 Å². The van der Waals surface area contributed by atoms with Crippen molar-refractivity contribution in [3.05, 3.63) is 23.4 Å². The van der Waals surface area contributed by atoms with E-state index in [0.717, 1.165) is 24.5 Å². The molecule has 0 aliphatic rings. The summed E-state index contributed by atoms with van der Waals surface area (Å²) in [7, 11) is 1.95. The molecule has 0 aliphatic heterocycles. The highest BCUT2D eigenvalue weighted by Gasteiger charge is 2.07. The zero-order chi connectivity index (χ0) is 14.1. The molecule has 3 nitrogen and oxygen atoms in total. The van der Waals surface area contributed by atoms with E-state index in [2.05, 4.69) is 30.2 Å². The van der Waals surface area contributed by atoms with Crippen LogP contribution in [0.25, 0.3) is 0 Å². The number of hydrogen-bond acceptors (Lipinski definition) is 3. The molecule has 1 rings (SSSR count). The Morgan fingerprint density at radius 2 is 2.05 bits per heavy atom. The van der Waals surface area contributed by atoms with Crippen LogP contribution in [0.4, 0.5) is 0 Å². The molecular formula is C16H28N2O. The van der Waals surface area contributed by atoms with E-state index >= 15 is 0 Å². The lowest BCUT2D eigenvalue weighted by molar-refractivity contribution is 0.198. The molecule has 19 heavy (non-hydrogen) atoms. The molecule has 1 N–H and O–H groups in total. The molecule has 0 amide bonds. The first-order chi connectivity index (χ1) is 9.17. The molecule has 1 heterocycles. The molecular weight excluding hydrogens is 236 g/mol. The van der Waals surface area contributed by atoms with E-state index in [1.54, 1.807) is 0 Å². The van der Waals surface area contributed by atoms with Gasteiger partial charge in [0, 0.05) is 18.3 Å². The molecule has 0 saturated carbocycles. The monoisotopic (exact) mass is 264 g/mol. The second-order valence-electron chi connectivity index (χ2n) is 5.20. The standard InChI is InChI=1S/C16H28N2O/c1-5-6-7-8-9-13(2)19-16-11-10-15(12-17-4)14(3)18-16/h10-11,13,17H,5-9,12H2,1-4H3. The van der Waals surface area contributed by atoms with Crippen LogP contribution in [0.5, 0.6) is 5.88 Å². The Bertz CT molecular complexity index is 366. The average molecular weight is 264 g/mol. The van der Waals surface area contributed by atoms with Crippen LogP contribution in [0.3, 0.4) is 0 Å². The van der Waals surface area contributed by atoms with Gasteiger partial charge in [0.2, 0.25) is 5.88 Å². The van der Waals surface area contributed by atoms with Crippen molar-refractivity contribution in [2.24, 2.45) is 0 Å². The largest absolute Gasteiger partial charge is 0.475 e. The van der Waals surface area contributed by atoms with E-state index in [1.165, 1.54) is 31.2 Å². The second-order valence-corrected chi connectivity index (χ2v) is 5.20. The summed E-state index contributed by atoms with van der Waals surface area (Å²) in [5, 5.41) is 3.14. The van der Waals surface area contributed by atoms with Gasteiger partial charge in [0.1, 0.15) is 0 Å². The summed E-state index contributed by atoms with van der Waals surface area (Å²) in [6.07, 6.45) is 6.51. The highest BCUT2D eigenvalue weighted by molar-refractivity contribution is 5.24. The number of aromatic nitrogens is 1. The first-order valence-electron chi connectivity index (χ1n) is 7.45. The number of aryl methyl sites for hydroxylation is 1. The highest BCUT2D eigenvalue weighted by Crippen LogP contribution is 2.16. The third kappa shape index (κ3) is 6.06. The van der Waals surface area contributed by atoms with E-state index in [-0.39, 0.29) is 6.10 Å². The molecule has 0 saturated heterocycles. The molecule has 108 valence electrons. The topological polar surface area (TPSA) is 34.1 Å². The van der Waals surface area contributed by atoms with Crippen LogP contribution in [0, 0.1) is 6.92 Å². The number of hydrogen-bond donors (Lipinski definition) is 1. The van der Waals surface area contributed by atoms with Crippen molar-refractivity contribution in [3.8, 4) is 5.88 Å². The predicted octanol–water partition coefficient (Wildman–Crippen LogP) is 3.85. The van der Waals surface area contributed by atoms with Gasteiger partial charge < -0.3 is 10.1 Å². The highest BCUT2D eigenvalue weighted by atomic mass is 16.5. The zero-order valence-electron chi connectivity index (χ0n) is 12.8. The number of pyridine rings is 1. The van der Waals surface area contributed by atoms with E-state index in [4.69, 9.17) is 4.74 Å². The summed E-state index contributed by atoms with van der Waals surface area (Å²) in [5.41, 5.74) is 2.27. The minimum absolute atomic E-state index is 0.249. The molecule has 1 aromatic rings. The number of ether oxygens (including phenoxy) is 1. The SMILES string of the molecule is CCCCCCC(C)Oc1ccc(CNC)c(C)n1. The Kier molecular flexibility index (Phi) is 7.49. The molecule has 0 aromatic carbocycles. The maximum absolute atomic E-state index is 5.88. The third-order valence-corrected chi connectivity index (χ3v) is 3.32. The first-order valence-corrected chi connectivity index (χ1v) is 7.45. The minimum atomic E-state index is 0.249. The van der Waals surface area contributed by atoms with Crippen LogP contribution in [0.2, 0.25) is 0 Å². The fourth-order valence-corrected chi connectivity index (χ4v) is 2.13. The van der Waals surface area contributed by atoms with E-state index in [1.807, 2.05) is 20.0 Å². The molecule has 1 aromatic heterocycles. The molecule has 0 spiro atoms. The smallest absolute Gasteiger partial charge is 0.213 e. The molecule has 0 aliphatic carbocycles. The maximum atomic E-state index is 5.88. The van der Waals surface area contributed by atoms with Gasteiger partial charge in [-0.2, -0.15) is 0 Å². The van der Waals surface area contributed by atoms with Gasteiger partial charge in [0.05, 0.1) is 6.10 Å². The first kappa shape index (κ1) is 16.0. The number of nitrogens with zero attached hydrogens (tertiary/aromatic N) is 1. The van der Waals surface area contributed by atoms with Crippen LogP contribution in [0.1, 0.15) is 57.2 Å². The normalized spacial score (nSPS) is 12.4. The summed E-state index contributed by atoms with van der Waals surface area (Å²) in [4.78, 5) is 4.51. The van der Waals surface area contributed by atoms with Crippen LogP contribution in [-0.2, 0) is 6.54 Å². The van der Waals surface area contributed by atoms with Gasteiger partial charge in [-0.3, -0.25) is 0 Å². The summed E-state index contributed by atoms with van der Waals surface area (Å²) in [6, 6.07) is 4.07. The van der Waals surface area contributed by atoms with Gasteiger partial charge in [-0.25, -0.2) is 4.98 Å². The van der Waals surface area contributed by atoms with Crippen molar-refractivity contribution >= 4 is 0 Å². The predicted molar refractivity (Wildman–Crippen MR) is 80.6 cm³/mol. The molecule has 1 atom stereocenters. The van der Waals surface area contributed by atoms with Gasteiger partial charge in [-0.05, 0) is 39.3 Å². The molecule has 0 fully saturated rings. The van der Waals surface area contributed by atoms with E-state index < -0.39 is 0 Å². The number of rotatable bonds is 9. The van der Waals surface area contributed by atoms with Crippen LogP contribution >= 0.6 is 0 Å². The lowest BCUT2D eigenvalue weighted by atomic mass is 10.1. The van der Waals surface area contributed by atoms with E-state index in [0.29, 0.717) is 0 Å². The molecule has 1 unspecified atom stereocenters. The van der Waals surface area contributed by atoms with Gasteiger partial charge in [0.15, 0.2) is 0 Å². The zero-order valence-corrected chi connectivity index (χ0v) is 12.8. The third-order valence-electron chi connectivity index (χ3n) is 3.32. The summed E-state index contributed by atoms with van der Waals surface area (Å²) in [6.45, 7) is 7.25. The minimum Gasteiger partial charge on any atom is -0.475 e. The Morgan fingerprint density at radius 3 is 2.68 bits per heavy atom. The summed E-state index contributed by atoms with van der Waals surface area (Å²) < 4.78 is 5.88. The Labute approximate surface area is 117 Å². The van der Waals surface area contributed by atoms with Crippen molar-refractivity contribution in [1.82, 2.24) is 10.3 Å². The van der Waals surface area contributed by atoms with Crippen molar-refractivity contribution in [1.29, 1.82) is 0 Å². The van der Waals surface area contributed by atoms with Gasteiger partial charge >= 0.3 is 0 Å². The van der Waals surface area contributed by atoms with Crippen molar-refractivity contribution in [3.63, 3.8) is 0 Å². The lowest BCUT2D eigenvalue weighted by Gasteiger charge is -2.15. The Morgan fingerprint density at radius 1 is 1.26 bits per heavy atom. The Balaban J connectivity index is 2.41. The molecule has 0 bridgehead atoms. The fraction of sp³-hybridized carbons (Fsp3) is 0.688. The summed E-state index contributed by atoms with van der Waals surface area (Å²) >= 11 is 0. The molecule has 0 radical (unpaired) electrons. The summed E-state index contributed by atoms with van der Waals surface area (Å²) in [5.74, 6) is 0.750. The van der Waals surface area contributed by atoms with Gasteiger partial charge in [-0.15, -0.1) is 0 Å². The van der Waals surface area contributed by atoms with Crippen LogP contribution in [-0.4, -0.2) is 18.1 Å².